The second-order valence-electron chi connectivity index (χ2n) is 12.6. The smallest absolute Gasteiger partial charge is 0.309 e. The summed E-state index contributed by atoms with van der Waals surface area (Å²) in [4.78, 5) is 48.6. The summed E-state index contributed by atoms with van der Waals surface area (Å²) >= 11 is 6.24. The van der Waals surface area contributed by atoms with Crippen molar-refractivity contribution in [1.29, 1.82) is 5.26 Å². The van der Waals surface area contributed by atoms with Crippen LogP contribution in [0.4, 0.5) is 5.69 Å². The Kier molecular flexibility index (Phi) is 9.93. The lowest BCUT2D eigenvalue weighted by Crippen LogP contribution is -2.64. The summed E-state index contributed by atoms with van der Waals surface area (Å²) in [6, 6.07) is 11.3. The zero-order valence-corrected chi connectivity index (χ0v) is 28.1. The van der Waals surface area contributed by atoms with Gasteiger partial charge in [0.2, 0.25) is 11.8 Å². The van der Waals surface area contributed by atoms with Crippen molar-refractivity contribution in [3.8, 4) is 23.0 Å². The molecule has 4 N–H and O–H groups in total. The lowest BCUT2D eigenvalue weighted by atomic mass is 9.94. The summed E-state index contributed by atoms with van der Waals surface area (Å²) in [5, 5.41) is 38.6. The molecule has 2 aromatic carbocycles. The molecule has 16 heteroatoms. The Bertz CT molecular complexity index is 1980. The Hall–Kier alpha value is -5.59. The first-order valence-electron chi connectivity index (χ1n) is 16.0. The molecule has 0 aliphatic carbocycles. The number of carbonyl (C=O) groups is 3. The minimum absolute atomic E-state index is 0.00637. The van der Waals surface area contributed by atoms with Crippen LogP contribution in [0.2, 0.25) is 5.02 Å². The van der Waals surface area contributed by atoms with Crippen LogP contribution in [0.25, 0.3) is 23.0 Å². The van der Waals surface area contributed by atoms with Gasteiger partial charge < -0.3 is 30.4 Å². The highest BCUT2D eigenvalue weighted by Crippen LogP contribution is 2.35. The van der Waals surface area contributed by atoms with E-state index in [0.29, 0.717) is 70.3 Å². The summed E-state index contributed by atoms with van der Waals surface area (Å²) < 4.78 is 6.32. The number of methoxy groups -OCH3 is 1. The second-order valence-corrected chi connectivity index (χ2v) is 13.1. The number of hydrogen-bond acceptors (Lipinski definition) is 11. The van der Waals surface area contributed by atoms with Crippen LogP contribution >= 0.6 is 11.6 Å². The Balaban J connectivity index is 1.32. The average Bonchev–Trinajstić information content (AvgIpc) is 3.77. The molecule has 4 heterocycles. The molecule has 1 fully saturated rings. The van der Waals surface area contributed by atoms with E-state index in [1.54, 1.807) is 54.3 Å². The third-order valence-electron chi connectivity index (χ3n) is 8.64. The van der Waals surface area contributed by atoms with E-state index in [2.05, 4.69) is 42.2 Å². The number of nitriles is 1. The maximum Gasteiger partial charge on any atom is 0.309 e. The number of rotatable bonds is 7. The van der Waals surface area contributed by atoms with Crippen LogP contribution in [0, 0.1) is 11.3 Å². The zero-order chi connectivity index (χ0) is 35.4. The number of amides is 2. The van der Waals surface area contributed by atoms with Crippen molar-refractivity contribution in [2.45, 2.75) is 56.7 Å². The number of aliphatic hydroxyl groups is 1. The molecule has 2 atom stereocenters. The number of nitrogens with one attached hydrogen (secondary N) is 3. The summed E-state index contributed by atoms with van der Waals surface area (Å²) in [5.41, 5.74) is 2.51. The number of halogens is 1. The molecule has 0 spiro atoms. The highest BCUT2D eigenvalue weighted by atomic mass is 35.5. The molecule has 2 bridgehead atoms. The number of imidazole rings is 1. The van der Waals surface area contributed by atoms with E-state index in [0.717, 1.165) is 0 Å². The largest absolute Gasteiger partial charge is 0.469 e. The number of fused-ring (bicyclic) bond motifs is 4. The lowest BCUT2D eigenvalue weighted by molar-refractivity contribution is -0.153. The molecule has 2 aromatic heterocycles. The SMILES string of the molecule is COC(=O)Cc1ccc2c(c1)N[C@@H](C(=O)N1CC(C)(O)C1)CCCC[C@H](NC(=O)/C=C/c1cc(Cl)ccc1-n1cnnn1)c1nc(C#N)c-2[nH]1. The Morgan fingerprint density at radius 2 is 2.00 bits per heavy atom. The van der Waals surface area contributed by atoms with E-state index < -0.39 is 29.6 Å². The maximum atomic E-state index is 13.7. The molecule has 1 saturated heterocycles. The number of likely N-dealkylation sites (tertiary alicyclic amines) is 1. The van der Waals surface area contributed by atoms with Gasteiger partial charge in [-0.05, 0) is 66.1 Å². The second kappa shape index (κ2) is 14.5. The number of H-pyrrole nitrogens is 1. The van der Waals surface area contributed by atoms with E-state index in [1.807, 2.05) is 0 Å². The van der Waals surface area contributed by atoms with E-state index in [1.165, 1.54) is 24.2 Å². The molecule has 0 radical (unpaired) electrons. The number of aromatic nitrogens is 6. The van der Waals surface area contributed by atoms with Crippen molar-refractivity contribution >= 4 is 41.1 Å². The highest BCUT2D eigenvalue weighted by molar-refractivity contribution is 6.30. The van der Waals surface area contributed by atoms with E-state index in [-0.39, 0.29) is 31.1 Å². The number of aromatic amines is 1. The first kappa shape index (κ1) is 34.3. The van der Waals surface area contributed by atoms with Gasteiger partial charge in [-0.1, -0.05) is 36.6 Å². The van der Waals surface area contributed by atoms with E-state index in [4.69, 9.17) is 16.3 Å². The van der Waals surface area contributed by atoms with Crippen LogP contribution in [0.1, 0.15) is 61.3 Å². The standard InChI is InChI=1S/C34H35ClN10O5/c1-34(49)17-44(18-34)33(48)25-6-4-3-5-24(39-29(46)12-8-21-15-22(35)9-11-28(21)45-19-37-42-43-45)32-40-27(16-36)31(41-32)23-10-7-20(13-26(23)38-25)14-30(47)50-2/h7-13,15,19,24-25,38,49H,3-6,14,17-18H2,1-2H3,(H,39,46)(H,40,41)/b12-8+/t24-,25+/m0/s1. The van der Waals surface area contributed by atoms with E-state index >= 15 is 0 Å². The number of tetrazole rings is 1. The van der Waals surface area contributed by atoms with Gasteiger partial charge in [-0.25, -0.2) is 4.98 Å². The third-order valence-corrected chi connectivity index (χ3v) is 8.88. The van der Waals surface area contributed by atoms with Gasteiger partial charge in [0, 0.05) is 27.9 Å². The summed E-state index contributed by atoms with van der Waals surface area (Å²) in [6.07, 6.45) is 6.58. The van der Waals surface area contributed by atoms with Gasteiger partial charge in [0.1, 0.15) is 24.3 Å². The number of anilines is 1. The fourth-order valence-corrected chi connectivity index (χ4v) is 6.39. The van der Waals surface area contributed by atoms with Gasteiger partial charge in [0.05, 0.1) is 49.6 Å². The monoisotopic (exact) mass is 698 g/mol. The van der Waals surface area contributed by atoms with Crippen LogP contribution in [-0.2, 0) is 25.5 Å². The van der Waals surface area contributed by atoms with Crippen molar-refractivity contribution in [2.24, 2.45) is 0 Å². The maximum absolute atomic E-state index is 13.7. The van der Waals surface area contributed by atoms with Gasteiger partial charge in [0.25, 0.3) is 0 Å². The van der Waals surface area contributed by atoms with Crippen LogP contribution in [0.5, 0.6) is 0 Å². The van der Waals surface area contributed by atoms with Crippen LogP contribution in [-0.4, -0.2) is 89.8 Å². The number of esters is 1. The summed E-state index contributed by atoms with van der Waals surface area (Å²) in [7, 11) is 1.31. The number of carbonyl (C=O) groups excluding carboxylic acids is 3. The van der Waals surface area contributed by atoms with Crippen molar-refractivity contribution < 1.29 is 24.2 Å². The van der Waals surface area contributed by atoms with Crippen LogP contribution < -0.4 is 10.6 Å². The normalized spacial score (nSPS) is 18.4. The molecule has 2 aliphatic rings. The van der Waals surface area contributed by atoms with Gasteiger partial charge in [-0.3, -0.25) is 14.4 Å². The summed E-state index contributed by atoms with van der Waals surface area (Å²) in [6.45, 7) is 2.12. The topological polar surface area (TPSA) is 204 Å². The molecule has 15 nitrogen and oxygen atoms in total. The molecular weight excluding hydrogens is 664 g/mol. The van der Waals surface area contributed by atoms with Crippen LogP contribution in [0.15, 0.2) is 48.8 Å². The van der Waals surface area contributed by atoms with Crippen molar-refractivity contribution in [2.75, 3.05) is 25.5 Å². The van der Waals surface area contributed by atoms with Gasteiger partial charge in [0.15, 0.2) is 5.69 Å². The molecular formula is C34H35ClN10O5. The minimum atomic E-state index is -0.942. The predicted molar refractivity (Wildman–Crippen MR) is 182 cm³/mol. The quantitative estimate of drug-likeness (QED) is 0.163. The molecule has 2 aliphatic heterocycles. The fourth-order valence-electron chi connectivity index (χ4n) is 6.21. The van der Waals surface area contributed by atoms with E-state index in [9.17, 15) is 24.8 Å². The highest BCUT2D eigenvalue weighted by Gasteiger charge is 2.41. The zero-order valence-electron chi connectivity index (χ0n) is 27.4. The molecule has 4 aromatic rings. The molecule has 0 saturated carbocycles. The molecule has 50 heavy (non-hydrogen) atoms. The first-order valence-corrected chi connectivity index (χ1v) is 16.4. The Morgan fingerprint density at radius 1 is 1.20 bits per heavy atom. The summed E-state index contributed by atoms with van der Waals surface area (Å²) in [5.74, 6) is -0.602. The van der Waals surface area contributed by atoms with Gasteiger partial charge in [-0.2, -0.15) is 9.94 Å². The molecule has 0 unspecified atom stereocenters. The van der Waals surface area contributed by atoms with Crippen molar-refractivity contribution in [3.05, 3.63) is 76.5 Å². The number of benzene rings is 2. The Morgan fingerprint density at radius 3 is 2.72 bits per heavy atom. The number of hydrogen-bond donors (Lipinski definition) is 4. The fraction of sp³-hybridized carbons (Fsp3) is 0.353. The molecule has 2 amide bonds. The molecule has 6 rings (SSSR count). The van der Waals surface area contributed by atoms with Crippen molar-refractivity contribution in [1.82, 2.24) is 40.4 Å². The first-order chi connectivity index (χ1) is 24.0. The van der Waals surface area contributed by atoms with Crippen LogP contribution in [0.3, 0.4) is 0 Å². The molecule has 258 valence electrons. The predicted octanol–water partition coefficient (Wildman–Crippen LogP) is 3.11. The number of β-amino-alcohol motifs (C(OH)–C–C–N with tert-alkyl or cyclic N) is 1. The van der Waals surface area contributed by atoms with Gasteiger partial charge >= 0.3 is 5.97 Å². The van der Waals surface area contributed by atoms with Crippen molar-refractivity contribution in [3.63, 3.8) is 0 Å². The number of ether oxygens (including phenoxy) is 1. The third kappa shape index (κ3) is 7.66. The Labute approximate surface area is 292 Å². The lowest BCUT2D eigenvalue weighted by Gasteiger charge is -2.45. The average molecular weight is 699 g/mol. The van der Waals surface area contributed by atoms with Gasteiger partial charge in [-0.15, -0.1) is 5.10 Å². The minimum Gasteiger partial charge on any atom is -0.469 e. The number of nitrogens with zero attached hydrogens (tertiary/aromatic N) is 7.